The summed E-state index contributed by atoms with van der Waals surface area (Å²) in [6.07, 6.45) is 0.178. The van der Waals surface area contributed by atoms with Gasteiger partial charge in [0, 0.05) is 30.5 Å². The van der Waals surface area contributed by atoms with Crippen LogP contribution in [0.4, 0.5) is 0 Å². The molecule has 1 heterocycles. The van der Waals surface area contributed by atoms with Gasteiger partial charge in [-0.3, -0.25) is 4.90 Å². The van der Waals surface area contributed by atoms with Crippen LogP contribution in [0.15, 0.2) is 89.4 Å². The fourth-order valence-corrected chi connectivity index (χ4v) is 4.46. The smallest absolute Gasteiger partial charge is 0.121 e. The van der Waals surface area contributed by atoms with Gasteiger partial charge in [0.15, 0.2) is 0 Å². The first-order valence-corrected chi connectivity index (χ1v) is 10.8. The van der Waals surface area contributed by atoms with Crippen molar-refractivity contribution in [2.45, 2.75) is 24.7 Å². The van der Waals surface area contributed by atoms with E-state index in [0.717, 1.165) is 28.7 Å². The van der Waals surface area contributed by atoms with Gasteiger partial charge >= 0.3 is 0 Å². The molecule has 0 aliphatic carbocycles. The van der Waals surface area contributed by atoms with Crippen molar-refractivity contribution in [2.75, 3.05) is 19.7 Å². The second kappa shape index (κ2) is 9.23. The molecule has 0 amide bonds. The summed E-state index contributed by atoms with van der Waals surface area (Å²) in [6, 6.07) is 28.5. The van der Waals surface area contributed by atoms with Crippen LogP contribution >= 0.6 is 15.9 Å². The van der Waals surface area contributed by atoms with Crippen molar-refractivity contribution in [2.24, 2.45) is 0 Å². The molecule has 3 aromatic rings. The van der Waals surface area contributed by atoms with Gasteiger partial charge in [-0.15, -0.1) is 0 Å². The summed E-state index contributed by atoms with van der Waals surface area (Å²) in [5, 5.41) is 12.0. The first-order chi connectivity index (χ1) is 14.1. The summed E-state index contributed by atoms with van der Waals surface area (Å²) >= 11 is 3.64. The van der Waals surface area contributed by atoms with E-state index in [4.69, 9.17) is 4.74 Å². The molecular formula is C25H26BrNO2. The van der Waals surface area contributed by atoms with Crippen molar-refractivity contribution in [3.8, 4) is 0 Å². The number of benzene rings is 3. The van der Waals surface area contributed by atoms with E-state index in [0.29, 0.717) is 19.6 Å². The van der Waals surface area contributed by atoms with Gasteiger partial charge in [0.05, 0.1) is 6.61 Å². The number of aliphatic hydroxyl groups is 1. The predicted octanol–water partition coefficient (Wildman–Crippen LogP) is 4.78. The molecule has 1 saturated heterocycles. The van der Waals surface area contributed by atoms with Crippen LogP contribution in [0.25, 0.3) is 0 Å². The van der Waals surface area contributed by atoms with Crippen molar-refractivity contribution in [1.29, 1.82) is 0 Å². The lowest BCUT2D eigenvalue weighted by Crippen LogP contribution is -2.53. The molecule has 150 valence electrons. The monoisotopic (exact) mass is 451 g/mol. The van der Waals surface area contributed by atoms with Crippen LogP contribution in [-0.4, -0.2) is 35.8 Å². The molecule has 1 N–H and O–H groups in total. The Balaban J connectivity index is 1.61. The topological polar surface area (TPSA) is 32.7 Å². The molecule has 2 atom stereocenters. The summed E-state index contributed by atoms with van der Waals surface area (Å²) in [5.41, 5.74) is 2.13. The molecule has 0 radical (unpaired) electrons. The number of morpholine rings is 1. The minimum Gasteiger partial charge on any atom is -0.382 e. The maximum Gasteiger partial charge on any atom is 0.121 e. The van der Waals surface area contributed by atoms with Crippen LogP contribution in [0.3, 0.4) is 0 Å². The molecule has 4 rings (SSSR count). The summed E-state index contributed by atoms with van der Waals surface area (Å²) in [6.45, 7) is 3.03. The van der Waals surface area contributed by atoms with Gasteiger partial charge in [0.25, 0.3) is 0 Å². The maximum absolute atomic E-state index is 12.0. The third-order valence-corrected chi connectivity index (χ3v) is 6.40. The van der Waals surface area contributed by atoms with E-state index in [1.165, 1.54) is 5.56 Å². The highest BCUT2D eigenvalue weighted by molar-refractivity contribution is 9.10. The third kappa shape index (κ3) is 4.78. The van der Waals surface area contributed by atoms with Gasteiger partial charge in [-0.25, -0.2) is 0 Å². The molecule has 4 heteroatoms. The largest absolute Gasteiger partial charge is 0.382 e. The van der Waals surface area contributed by atoms with Crippen LogP contribution in [0.5, 0.6) is 0 Å². The van der Waals surface area contributed by atoms with Crippen molar-refractivity contribution in [1.82, 2.24) is 4.90 Å². The molecule has 0 unspecified atom stereocenters. The average Bonchev–Trinajstić information content (AvgIpc) is 2.77. The Morgan fingerprint density at radius 3 is 2.31 bits per heavy atom. The van der Waals surface area contributed by atoms with Gasteiger partial charge in [0.1, 0.15) is 11.7 Å². The Hall–Kier alpha value is -1.98. The van der Waals surface area contributed by atoms with Crippen LogP contribution < -0.4 is 0 Å². The second-order valence-electron chi connectivity index (χ2n) is 7.64. The van der Waals surface area contributed by atoms with Gasteiger partial charge in [0.2, 0.25) is 0 Å². The van der Waals surface area contributed by atoms with E-state index in [1.807, 2.05) is 54.6 Å². The number of hydrogen-bond acceptors (Lipinski definition) is 3. The van der Waals surface area contributed by atoms with Crippen LogP contribution in [-0.2, 0) is 23.3 Å². The Labute approximate surface area is 181 Å². The number of hydrogen-bond donors (Lipinski definition) is 1. The molecule has 29 heavy (non-hydrogen) atoms. The van der Waals surface area contributed by atoms with E-state index >= 15 is 0 Å². The van der Waals surface area contributed by atoms with Crippen molar-refractivity contribution >= 4 is 15.9 Å². The molecule has 0 saturated carbocycles. The first-order valence-electron chi connectivity index (χ1n) is 10.0. The highest BCUT2D eigenvalue weighted by atomic mass is 79.9. The summed E-state index contributed by atoms with van der Waals surface area (Å²) in [5.74, 6) is 0. The van der Waals surface area contributed by atoms with E-state index < -0.39 is 5.60 Å². The second-order valence-corrected chi connectivity index (χ2v) is 8.49. The molecule has 0 spiro atoms. The van der Waals surface area contributed by atoms with E-state index in [9.17, 15) is 5.11 Å². The molecular weight excluding hydrogens is 426 g/mol. The van der Waals surface area contributed by atoms with Crippen molar-refractivity contribution < 1.29 is 9.84 Å². The number of rotatable bonds is 6. The SMILES string of the molecule is O[C@](Cc1ccccc1Br)(c1ccccc1)[C@H]1CN(Cc2ccccc2)CCO1. The minimum atomic E-state index is -1.11. The Morgan fingerprint density at radius 1 is 0.931 bits per heavy atom. The average molecular weight is 452 g/mol. The van der Waals surface area contributed by atoms with Crippen molar-refractivity contribution in [3.63, 3.8) is 0 Å². The molecule has 0 aromatic heterocycles. The number of nitrogens with zero attached hydrogens (tertiary/aromatic N) is 1. The molecule has 1 aliphatic heterocycles. The third-order valence-electron chi connectivity index (χ3n) is 5.62. The first kappa shape index (κ1) is 20.3. The zero-order valence-electron chi connectivity index (χ0n) is 16.4. The lowest BCUT2D eigenvalue weighted by atomic mass is 9.81. The van der Waals surface area contributed by atoms with Crippen molar-refractivity contribution in [3.05, 3.63) is 106 Å². The molecule has 1 fully saturated rings. The number of ether oxygens (including phenoxy) is 1. The van der Waals surface area contributed by atoms with Gasteiger partial charge in [-0.2, -0.15) is 0 Å². The molecule has 3 nitrogen and oxygen atoms in total. The quantitative estimate of drug-likeness (QED) is 0.585. The fourth-order valence-electron chi connectivity index (χ4n) is 4.04. The van der Waals surface area contributed by atoms with E-state index in [1.54, 1.807) is 0 Å². The van der Waals surface area contributed by atoms with Gasteiger partial charge in [-0.1, -0.05) is 94.8 Å². The van der Waals surface area contributed by atoms with Crippen LogP contribution in [0, 0.1) is 0 Å². The van der Waals surface area contributed by atoms with Gasteiger partial charge < -0.3 is 9.84 Å². The molecule has 0 bridgehead atoms. The van der Waals surface area contributed by atoms with Crippen LogP contribution in [0.2, 0.25) is 0 Å². The zero-order valence-corrected chi connectivity index (χ0v) is 18.0. The summed E-state index contributed by atoms with van der Waals surface area (Å²) in [4.78, 5) is 2.37. The normalized spacial score (nSPS) is 19.6. The summed E-state index contributed by atoms with van der Waals surface area (Å²) < 4.78 is 7.18. The highest BCUT2D eigenvalue weighted by Gasteiger charge is 2.42. The molecule has 1 aliphatic rings. The maximum atomic E-state index is 12.0. The Morgan fingerprint density at radius 2 is 1.59 bits per heavy atom. The number of halogens is 1. The van der Waals surface area contributed by atoms with Gasteiger partial charge in [-0.05, 0) is 22.8 Å². The summed E-state index contributed by atoms with van der Waals surface area (Å²) in [7, 11) is 0. The standard InChI is InChI=1S/C25H26BrNO2/c26-23-14-8-7-11-21(23)17-25(28,22-12-5-2-6-13-22)24-19-27(15-16-29-24)18-20-9-3-1-4-10-20/h1-14,24,28H,15-19H2/t24-,25-/m1/s1. The Kier molecular flexibility index (Phi) is 6.46. The van der Waals surface area contributed by atoms with E-state index in [2.05, 4.69) is 51.2 Å². The zero-order chi connectivity index (χ0) is 20.1. The minimum absolute atomic E-state index is 0.311. The van der Waals surface area contributed by atoms with E-state index in [-0.39, 0.29) is 6.10 Å². The Bertz CT molecular complexity index is 918. The predicted molar refractivity (Wildman–Crippen MR) is 120 cm³/mol. The van der Waals surface area contributed by atoms with Crippen LogP contribution in [0.1, 0.15) is 16.7 Å². The lowest BCUT2D eigenvalue weighted by molar-refractivity contribution is -0.149. The highest BCUT2D eigenvalue weighted by Crippen LogP contribution is 2.35. The molecule has 3 aromatic carbocycles. The fraction of sp³-hybridized carbons (Fsp3) is 0.280. The lowest BCUT2D eigenvalue weighted by Gasteiger charge is -2.42.